The van der Waals surface area contributed by atoms with Crippen LogP contribution in [-0.4, -0.2) is 42.5 Å². The van der Waals surface area contributed by atoms with Crippen LogP contribution >= 0.6 is 11.6 Å². The van der Waals surface area contributed by atoms with Gasteiger partial charge in [-0.3, -0.25) is 9.59 Å². The fourth-order valence-electron chi connectivity index (χ4n) is 2.78. The van der Waals surface area contributed by atoms with Crippen molar-refractivity contribution in [1.29, 1.82) is 0 Å². The number of hydrogen-bond donors (Lipinski definition) is 1. The summed E-state index contributed by atoms with van der Waals surface area (Å²) < 4.78 is 4.97. The first-order valence-electron chi connectivity index (χ1n) is 7.79. The SMILES string of the molecule is COCCCNC(=O)C1(C)CCC(=O)N1Cc1ccc(Cl)cc1. The molecule has 0 bridgehead atoms. The normalized spacial score (nSPS) is 20.8. The van der Waals surface area contributed by atoms with Crippen molar-refractivity contribution >= 4 is 23.4 Å². The van der Waals surface area contributed by atoms with Crippen molar-refractivity contribution in [2.75, 3.05) is 20.3 Å². The van der Waals surface area contributed by atoms with Crippen molar-refractivity contribution in [3.8, 4) is 0 Å². The van der Waals surface area contributed by atoms with Crippen molar-refractivity contribution in [3.05, 3.63) is 34.9 Å². The molecule has 1 saturated heterocycles. The van der Waals surface area contributed by atoms with Gasteiger partial charge in [-0.25, -0.2) is 0 Å². The first-order valence-corrected chi connectivity index (χ1v) is 8.17. The largest absolute Gasteiger partial charge is 0.385 e. The minimum absolute atomic E-state index is 0.00879. The fraction of sp³-hybridized carbons (Fsp3) is 0.529. The number of amides is 2. The van der Waals surface area contributed by atoms with E-state index in [0.717, 1.165) is 12.0 Å². The second-order valence-electron chi connectivity index (χ2n) is 5.98. The van der Waals surface area contributed by atoms with Gasteiger partial charge in [-0.05, 0) is 37.5 Å². The van der Waals surface area contributed by atoms with Crippen LogP contribution in [0.5, 0.6) is 0 Å². The molecule has 0 aromatic heterocycles. The average Bonchev–Trinajstić information content (AvgIpc) is 2.83. The summed E-state index contributed by atoms with van der Waals surface area (Å²) in [5.74, 6) is -0.0945. The lowest BCUT2D eigenvalue weighted by molar-refractivity contribution is -0.141. The lowest BCUT2D eigenvalue weighted by atomic mass is 9.97. The molecular formula is C17H23ClN2O3. The third-order valence-corrected chi connectivity index (χ3v) is 4.53. The molecule has 1 aliphatic heterocycles. The first-order chi connectivity index (χ1) is 11.0. The molecular weight excluding hydrogens is 316 g/mol. The van der Waals surface area contributed by atoms with Gasteiger partial charge in [-0.2, -0.15) is 0 Å². The number of halogens is 1. The Morgan fingerprint density at radius 2 is 2.09 bits per heavy atom. The minimum atomic E-state index is -0.802. The van der Waals surface area contributed by atoms with E-state index in [1.165, 1.54) is 0 Å². The number of nitrogens with zero attached hydrogens (tertiary/aromatic N) is 1. The van der Waals surface area contributed by atoms with E-state index < -0.39 is 5.54 Å². The van der Waals surface area contributed by atoms with Crippen LogP contribution in [0.15, 0.2) is 24.3 Å². The van der Waals surface area contributed by atoms with Gasteiger partial charge in [0, 0.05) is 38.2 Å². The molecule has 23 heavy (non-hydrogen) atoms. The summed E-state index contributed by atoms with van der Waals surface area (Å²) in [4.78, 5) is 26.5. The van der Waals surface area contributed by atoms with Gasteiger partial charge in [0.25, 0.3) is 0 Å². The third-order valence-electron chi connectivity index (χ3n) is 4.28. The molecule has 0 spiro atoms. The highest BCUT2D eigenvalue weighted by Gasteiger charge is 2.46. The van der Waals surface area contributed by atoms with Crippen molar-refractivity contribution < 1.29 is 14.3 Å². The molecule has 2 amide bonds. The molecule has 1 aromatic carbocycles. The smallest absolute Gasteiger partial charge is 0.245 e. The van der Waals surface area contributed by atoms with E-state index in [0.29, 0.717) is 37.6 Å². The monoisotopic (exact) mass is 338 g/mol. The van der Waals surface area contributed by atoms with Gasteiger partial charge in [-0.15, -0.1) is 0 Å². The van der Waals surface area contributed by atoms with Crippen molar-refractivity contribution in [3.63, 3.8) is 0 Å². The van der Waals surface area contributed by atoms with Crippen LogP contribution in [0.3, 0.4) is 0 Å². The van der Waals surface area contributed by atoms with Crippen LogP contribution in [0.1, 0.15) is 31.7 Å². The van der Waals surface area contributed by atoms with Crippen LogP contribution in [0.2, 0.25) is 5.02 Å². The van der Waals surface area contributed by atoms with Crippen LogP contribution < -0.4 is 5.32 Å². The minimum Gasteiger partial charge on any atom is -0.385 e. The summed E-state index contributed by atoms with van der Waals surface area (Å²) in [5.41, 5.74) is 0.159. The van der Waals surface area contributed by atoms with E-state index in [-0.39, 0.29) is 11.8 Å². The number of benzene rings is 1. The summed E-state index contributed by atoms with van der Waals surface area (Å²) in [7, 11) is 1.63. The van der Waals surface area contributed by atoms with Crippen LogP contribution in [0.4, 0.5) is 0 Å². The highest BCUT2D eigenvalue weighted by molar-refractivity contribution is 6.30. The van der Waals surface area contributed by atoms with Gasteiger partial charge in [0.1, 0.15) is 5.54 Å². The Morgan fingerprint density at radius 3 is 2.74 bits per heavy atom. The van der Waals surface area contributed by atoms with Gasteiger partial charge in [0.2, 0.25) is 11.8 Å². The summed E-state index contributed by atoms with van der Waals surface area (Å²) in [6.45, 7) is 3.40. The van der Waals surface area contributed by atoms with Gasteiger partial charge in [0.15, 0.2) is 0 Å². The zero-order valence-corrected chi connectivity index (χ0v) is 14.4. The average molecular weight is 339 g/mol. The van der Waals surface area contributed by atoms with E-state index in [4.69, 9.17) is 16.3 Å². The second kappa shape index (κ2) is 7.79. The van der Waals surface area contributed by atoms with Crippen LogP contribution in [0, 0.1) is 0 Å². The van der Waals surface area contributed by atoms with Crippen molar-refractivity contribution in [2.45, 2.75) is 38.3 Å². The number of nitrogens with one attached hydrogen (secondary N) is 1. The third kappa shape index (κ3) is 4.24. The lowest BCUT2D eigenvalue weighted by Gasteiger charge is -2.34. The Hall–Kier alpha value is -1.59. The van der Waals surface area contributed by atoms with Crippen LogP contribution in [-0.2, 0) is 20.9 Å². The standard InChI is InChI=1S/C17H23ClN2O3/c1-17(16(22)19-10-3-11-23-2)9-8-15(21)20(17)12-13-4-6-14(18)7-5-13/h4-7H,3,8-12H2,1-2H3,(H,19,22). The molecule has 1 atom stereocenters. The molecule has 0 aliphatic carbocycles. The zero-order chi connectivity index (χ0) is 16.9. The van der Waals surface area contributed by atoms with E-state index in [9.17, 15) is 9.59 Å². The van der Waals surface area contributed by atoms with Crippen molar-refractivity contribution in [1.82, 2.24) is 10.2 Å². The molecule has 126 valence electrons. The predicted octanol–water partition coefficient (Wildman–Crippen LogP) is 2.37. The summed E-state index contributed by atoms with van der Waals surface area (Å²) in [6, 6.07) is 7.34. The van der Waals surface area contributed by atoms with E-state index in [1.807, 2.05) is 19.1 Å². The van der Waals surface area contributed by atoms with Gasteiger partial charge in [0.05, 0.1) is 0 Å². The Labute approximate surface area is 141 Å². The number of rotatable bonds is 7. The van der Waals surface area contributed by atoms with E-state index >= 15 is 0 Å². The molecule has 5 nitrogen and oxygen atoms in total. The quantitative estimate of drug-likeness (QED) is 0.776. The highest BCUT2D eigenvalue weighted by atomic mass is 35.5. The van der Waals surface area contributed by atoms with Gasteiger partial charge < -0.3 is 15.0 Å². The molecule has 1 fully saturated rings. The molecule has 1 aliphatic rings. The molecule has 6 heteroatoms. The van der Waals surface area contributed by atoms with Gasteiger partial charge in [-0.1, -0.05) is 23.7 Å². The number of ether oxygens (including phenoxy) is 1. The summed E-state index contributed by atoms with van der Waals surface area (Å²) in [6.07, 6.45) is 1.69. The number of carbonyl (C=O) groups is 2. The Bertz CT molecular complexity index is 561. The summed E-state index contributed by atoms with van der Waals surface area (Å²) in [5, 5.41) is 3.56. The number of likely N-dealkylation sites (tertiary alicyclic amines) is 1. The zero-order valence-electron chi connectivity index (χ0n) is 13.6. The first kappa shape index (κ1) is 17.8. The topological polar surface area (TPSA) is 58.6 Å². The molecule has 1 heterocycles. The molecule has 2 rings (SSSR count). The molecule has 0 saturated carbocycles. The number of hydrogen-bond acceptors (Lipinski definition) is 3. The lowest BCUT2D eigenvalue weighted by Crippen LogP contribution is -2.54. The summed E-state index contributed by atoms with van der Waals surface area (Å²) >= 11 is 5.89. The molecule has 1 aromatic rings. The fourth-order valence-corrected chi connectivity index (χ4v) is 2.90. The predicted molar refractivity (Wildman–Crippen MR) is 89.1 cm³/mol. The second-order valence-corrected chi connectivity index (χ2v) is 6.42. The van der Waals surface area contributed by atoms with Crippen molar-refractivity contribution in [2.24, 2.45) is 0 Å². The molecule has 1 N–H and O–H groups in total. The Balaban J connectivity index is 2.04. The number of carbonyl (C=O) groups excluding carboxylic acids is 2. The Morgan fingerprint density at radius 1 is 1.39 bits per heavy atom. The van der Waals surface area contributed by atoms with E-state index in [2.05, 4.69) is 5.32 Å². The maximum atomic E-state index is 12.6. The maximum Gasteiger partial charge on any atom is 0.245 e. The Kier molecular flexibility index (Phi) is 6.02. The van der Waals surface area contributed by atoms with Crippen LogP contribution in [0.25, 0.3) is 0 Å². The van der Waals surface area contributed by atoms with E-state index in [1.54, 1.807) is 24.1 Å². The van der Waals surface area contributed by atoms with Gasteiger partial charge >= 0.3 is 0 Å². The maximum absolute atomic E-state index is 12.6. The molecule has 0 radical (unpaired) electrons. The number of methoxy groups -OCH3 is 1. The molecule has 1 unspecified atom stereocenters. The highest BCUT2D eigenvalue weighted by Crippen LogP contribution is 2.32.